The molecule has 186 valence electrons. The highest BCUT2D eigenvalue weighted by molar-refractivity contribution is 6.31. The number of pyridine rings is 1. The molecule has 3 N–H and O–H groups in total. The van der Waals surface area contributed by atoms with Crippen molar-refractivity contribution in [3.63, 3.8) is 0 Å². The number of imidazole rings is 1. The van der Waals surface area contributed by atoms with Crippen LogP contribution in [0.3, 0.4) is 0 Å². The predicted molar refractivity (Wildman–Crippen MR) is 122 cm³/mol. The number of halogens is 4. The number of nitrogens with zero attached hydrogens (tertiary/aromatic N) is 2. The van der Waals surface area contributed by atoms with Gasteiger partial charge in [0, 0.05) is 17.0 Å². The lowest BCUT2D eigenvalue weighted by atomic mass is 9.85. The monoisotopic (exact) mass is 509 g/mol. The average Bonchev–Trinajstić information content (AvgIpc) is 3.23. The van der Waals surface area contributed by atoms with Gasteiger partial charge < -0.3 is 20.4 Å². The second kappa shape index (κ2) is 10.5. The van der Waals surface area contributed by atoms with E-state index >= 15 is 0 Å². The number of ether oxygens (including phenoxy) is 1. The smallest absolute Gasteiger partial charge is 0.433 e. The van der Waals surface area contributed by atoms with Gasteiger partial charge in [0.15, 0.2) is 6.61 Å². The first-order valence-electron chi connectivity index (χ1n) is 11.0. The number of nitrogens with one attached hydrogen (secondary N) is 3. The van der Waals surface area contributed by atoms with Crippen LogP contribution in [0.5, 0.6) is 5.75 Å². The number of carbonyl (C=O) groups is 2. The normalized spacial score (nSPS) is 18.3. The van der Waals surface area contributed by atoms with E-state index in [1.165, 1.54) is 0 Å². The molecule has 3 aromatic rings. The van der Waals surface area contributed by atoms with Gasteiger partial charge in [-0.05, 0) is 56.0 Å². The molecule has 0 atom stereocenters. The molecule has 0 aliphatic heterocycles. The van der Waals surface area contributed by atoms with E-state index in [-0.39, 0.29) is 42.7 Å². The van der Waals surface area contributed by atoms with Gasteiger partial charge in [-0.3, -0.25) is 9.59 Å². The Kier molecular flexibility index (Phi) is 7.44. The van der Waals surface area contributed by atoms with E-state index in [0.29, 0.717) is 36.5 Å². The predicted octanol–water partition coefficient (Wildman–Crippen LogP) is 4.00. The summed E-state index contributed by atoms with van der Waals surface area (Å²) < 4.78 is 42.8. The largest absolute Gasteiger partial charge is 0.482 e. The number of benzene rings is 1. The third-order valence-corrected chi connectivity index (χ3v) is 6.02. The van der Waals surface area contributed by atoms with E-state index in [2.05, 4.69) is 25.6 Å². The summed E-state index contributed by atoms with van der Waals surface area (Å²) in [5.74, 6) is 0.103. The third kappa shape index (κ3) is 6.62. The van der Waals surface area contributed by atoms with Crippen LogP contribution in [0.1, 0.15) is 37.2 Å². The van der Waals surface area contributed by atoms with Crippen LogP contribution in [0, 0.1) is 5.92 Å². The molecule has 2 aromatic heterocycles. The highest BCUT2D eigenvalue weighted by Gasteiger charge is 2.32. The molecule has 0 bridgehead atoms. The standard InChI is InChI=1S/C23H23ClF3N5O3/c24-14-3-7-17-18(9-14)32-20(31-17)11-29-22(34)13-1-4-15(5-2-13)30-21(33)12-35-16-6-8-19(28-10-16)23(25,26)27/h3,6-10,13,15H,1-2,4-5,11-12H2,(H,29,34)(H,30,33)(H,31,32). The van der Waals surface area contributed by atoms with Crippen molar-refractivity contribution in [2.75, 3.05) is 6.61 Å². The summed E-state index contributed by atoms with van der Waals surface area (Å²) in [6, 6.07) is 7.15. The highest BCUT2D eigenvalue weighted by atomic mass is 35.5. The van der Waals surface area contributed by atoms with Crippen LogP contribution < -0.4 is 15.4 Å². The average molecular weight is 510 g/mol. The van der Waals surface area contributed by atoms with Gasteiger partial charge in [-0.1, -0.05) is 11.6 Å². The topological polar surface area (TPSA) is 109 Å². The van der Waals surface area contributed by atoms with Gasteiger partial charge in [-0.25, -0.2) is 9.97 Å². The Bertz CT molecular complexity index is 1190. The Hall–Kier alpha value is -3.34. The number of carbonyl (C=O) groups excluding carboxylic acids is 2. The Morgan fingerprint density at radius 2 is 1.91 bits per heavy atom. The van der Waals surface area contributed by atoms with Gasteiger partial charge in [-0.2, -0.15) is 13.2 Å². The first-order chi connectivity index (χ1) is 16.7. The zero-order valence-corrected chi connectivity index (χ0v) is 19.2. The summed E-state index contributed by atoms with van der Waals surface area (Å²) >= 11 is 5.98. The second-order valence-electron chi connectivity index (χ2n) is 8.34. The molecule has 0 spiro atoms. The molecule has 2 amide bonds. The summed E-state index contributed by atoms with van der Waals surface area (Å²) in [5, 5.41) is 6.34. The number of hydrogen-bond donors (Lipinski definition) is 3. The number of aromatic nitrogens is 3. The molecule has 1 aliphatic carbocycles. The van der Waals surface area contributed by atoms with Crippen molar-refractivity contribution in [1.82, 2.24) is 25.6 Å². The van der Waals surface area contributed by atoms with E-state index in [0.717, 1.165) is 29.4 Å². The van der Waals surface area contributed by atoms with Crippen LogP contribution in [0.4, 0.5) is 13.2 Å². The van der Waals surface area contributed by atoms with Crippen molar-refractivity contribution in [1.29, 1.82) is 0 Å². The molecule has 0 unspecified atom stereocenters. The third-order valence-electron chi connectivity index (χ3n) is 5.78. The van der Waals surface area contributed by atoms with Crippen molar-refractivity contribution in [2.24, 2.45) is 5.92 Å². The maximum absolute atomic E-state index is 12.6. The molecule has 0 saturated heterocycles. The molecule has 8 nitrogen and oxygen atoms in total. The fourth-order valence-corrected chi connectivity index (χ4v) is 4.16. The molecule has 1 fully saturated rings. The summed E-state index contributed by atoms with van der Waals surface area (Å²) in [5.41, 5.74) is 0.544. The first-order valence-corrected chi connectivity index (χ1v) is 11.4. The van der Waals surface area contributed by atoms with Crippen LogP contribution in [0.2, 0.25) is 5.02 Å². The van der Waals surface area contributed by atoms with E-state index in [9.17, 15) is 22.8 Å². The summed E-state index contributed by atoms with van der Waals surface area (Å²) in [7, 11) is 0. The van der Waals surface area contributed by atoms with Crippen LogP contribution >= 0.6 is 11.6 Å². The molecular formula is C23H23ClF3N5O3. The van der Waals surface area contributed by atoms with E-state index in [1.54, 1.807) is 18.2 Å². The molecule has 1 saturated carbocycles. The number of alkyl halides is 3. The number of aromatic amines is 1. The quantitative estimate of drug-likeness (QED) is 0.446. The Morgan fingerprint density at radius 1 is 1.14 bits per heavy atom. The minimum absolute atomic E-state index is 0.0635. The minimum Gasteiger partial charge on any atom is -0.482 e. The number of hydrogen-bond acceptors (Lipinski definition) is 5. The molecule has 0 radical (unpaired) electrons. The van der Waals surface area contributed by atoms with Crippen LogP contribution in [-0.2, 0) is 22.3 Å². The second-order valence-corrected chi connectivity index (χ2v) is 8.78. The zero-order chi connectivity index (χ0) is 25.0. The van der Waals surface area contributed by atoms with Crippen molar-refractivity contribution in [3.05, 3.63) is 53.1 Å². The van der Waals surface area contributed by atoms with E-state index in [1.807, 2.05) is 0 Å². The van der Waals surface area contributed by atoms with E-state index in [4.69, 9.17) is 16.3 Å². The maximum Gasteiger partial charge on any atom is 0.433 e. The number of amides is 2. The first kappa shape index (κ1) is 24.8. The molecule has 2 heterocycles. The van der Waals surface area contributed by atoms with Crippen LogP contribution in [-0.4, -0.2) is 39.4 Å². The van der Waals surface area contributed by atoms with Crippen LogP contribution in [0.25, 0.3) is 11.0 Å². The van der Waals surface area contributed by atoms with Crippen molar-refractivity contribution in [3.8, 4) is 5.75 Å². The van der Waals surface area contributed by atoms with Crippen molar-refractivity contribution < 1.29 is 27.5 Å². The number of rotatable bonds is 7. The van der Waals surface area contributed by atoms with Gasteiger partial charge in [0.25, 0.3) is 5.91 Å². The maximum atomic E-state index is 12.6. The highest BCUT2D eigenvalue weighted by Crippen LogP contribution is 2.28. The lowest BCUT2D eigenvalue weighted by Gasteiger charge is -2.28. The molecule has 35 heavy (non-hydrogen) atoms. The van der Waals surface area contributed by atoms with Gasteiger partial charge in [0.2, 0.25) is 5.91 Å². The molecule has 1 aromatic carbocycles. The molecule has 1 aliphatic rings. The van der Waals surface area contributed by atoms with Crippen molar-refractivity contribution >= 4 is 34.4 Å². The number of fused-ring (bicyclic) bond motifs is 1. The number of H-pyrrole nitrogens is 1. The van der Waals surface area contributed by atoms with Gasteiger partial charge in [0.1, 0.15) is 17.3 Å². The Balaban J connectivity index is 1.16. The summed E-state index contributed by atoms with van der Waals surface area (Å²) in [6.07, 6.45) is -1.09. The summed E-state index contributed by atoms with van der Waals surface area (Å²) in [6.45, 7) is -0.0614. The summed E-state index contributed by atoms with van der Waals surface area (Å²) in [4.78, 5) is 35.6. The minimum atomic E-state index is -4.53. The van der Waals surface area contributed by atoms with Gasteiger partial charge >= 0.3 is 6.18 Å². The van der Waals surface area contributed by atoms with Gasteiger partial charge in [0.05, 0.1) is 23.8 Å². The lowest BCUT2D eigenvalue weighted by molar-refractivity contribution is -0.141. The SMILES string of the molecule is O=C(COc1ccc(C(F)(F)F)nc1)NC1CCC(C(=O)NCc2nc3ccc(Cl)cc3[nH]2)CC1. The fourth-order valence-electron chi connectivity index (χ4n) is 3.99. The zero-order valence-electron chi connectivity index (χ0n) is 18.5. The van der Waals surface area contributed by atoms with Crippen molar-refractivity contribution in [2.45, 2.75) is 44.4 Å². The molecule has 4 rings (SSSR count). The molecule has 12 heteroatoms. The van der Waals surface area contributed by atoms with E-state index < -0.39 is 11.9 Å². The fraction of sp³-hybridized carbons (Fsp3) is 0.391. The van der Waals surface area contributed by atoms with Gasteiger partial charge in [-0.15, -0.1) is 0 Å². The Labute approximate surface area is 203 Å². The molecular weight excluding hydrogens is 487 g/mol. The lowest BCUT2D eigenvalue weighted by Crippen LogP contribution is -2.42. The Morgan fingerprint density at radius 3 is 2.60 bits per heavy atom. The van der Waals surface area contributed by atoms with Crippen LogP contribution in [0.15, 0.2) is 36.5 Å².